The molecule has 1 aliphatic rings. The molecule has 82 valence electrons. The van der Waals surface area contributed by atoms with Crippen molar-refractivity contribution in [1.29, 1.82) is 0 Å². The number of fused-ring (bicyclic) bond motifs is 1. The summed E-state index contributed by atoms with van der Waals surface area (Å²) < 4.78 is 23.8. The smallest absolute Gasteiger partial charge is 0.161 e. The number of ether oxygens (including phenoxy) is 2. The van der Waals surface area contributed by atoms with E-state index < -0.39 is 0 Å². The molecule has 3 N–H and O–H groups in total. The Hall–Kier alpha value is -1.33. The average molecular weight is 212 g/mol. The number of hydrogen-bond donors (Lipinski definition) is 2. The van der Waals surface area contributed by atoms with Crippen molar-refractivity contribution in [2.24, 2.45) is 5.73 Å². The Morgan fingerprint density at radius 1 is 1.67 bits per heavy atom. The molecule has 0 aromatic heterocycles. The predicted molar refractivity (Wildman–Crippen MR) is 54.2 cm³/mol. The van der Waals surface area contributed by atoms with E-state index in [-0.39, 0.29) is 18.6 Å². The van der Waals surface area contributed by atoms with E-state index >= 15 is 0 Å². The summed E-state index contributed by atoms with van der Waals surface area (Å²) in [5, 5.41) is 3.08. The Bertz CT molecular complexity index is 371. The van der Waals surface area contributed by atoms with Gasteiger partial charge in [-0.15, -0.1) is 0 Å². The predicted octanol–water partition coefficient (Wildman–Crippen LogP) is 1.06. The SMILES string of the molecule is COC1COc2cc(F)c(CN)cc2N1. The summed E-state index contributed by atoms with van der Waals surface area (Å²) in [6.07, 6.45) is -0.200. The largest absolute Gasteiger partial charge is 0.487 e. The van der Waals surface area contributed by atoms with Crippen molar-refractivity contribution in [1.82, 2.24) is 0 Å². The molecule has 0 fully saturated rings. The molecule has 4 nitrogen and oxygen atoms in total. The minimum atomic E-state index is -0.339. The number of halogens is 1. The van der Waals surface area contributed by atoms with Crippen LogP contribution < -0.4 is 15.8 Å². The molecule has 0 amide bonds. The van der Waals surface area contributed by atoms with Gasteiger partial charge in [-0.25, -0.2) is 4.39 Å². The molecule has 1 heterocycles. The maximum Gasteiger partial charge on any atom is 0.161 e. The Morgan fingerprint density at radius 3 is 3.13 bits per heavy atom. The molecule has 1 atom stereocenters. The third-order valence-electron chi connectivity index (χ3n) is 2.36. The zero-order valence-electron chi connectivity index (χ0n) is 8.42. The zero-order chi connectivity index (χ0) is 10.8. The van der Waals surface area contributed by atoms with Crippen molar-refractivity contribution in [3.05, 3.63) is 23.5 Å². The van der Waals surface area contributed by atoms with Gasteiger partial charge in [0.1, 0.15) is 18.2 Å². The number of methoxy groups -OCH3 is 1. The van der Waals surface area contributed by atoms with Gasteiger partial charge in [-0.1, -0.05) is 0 Å². The average Bonchev–Trinajstić information content (AvgIpc) is 2.27. The summed E-state index contributed by atoms with van der Waals surface area (Å²) in [6, 6.07) is 2.99. The van der Waals surface area contributed by atoms with Crippen LogP contribution in [0.15, 0.2) is 12.1 Å². The topological polar surface area (TPSA) is 56.5 Å². The van der Waals surface area contributed by atoms with Crippen LogP contribution in [-0.2, 0) is 11.3 Å². The highest BCUT2D eigenvalue weighted by atomic mass is 19.1. The minimum absolute atomic E-state index is 0.165. The van der Waals surface area contributed by atoms with Crippen molar-refractivity contribution >= 4 is 5.69 Å². The summed E-state index contributed by atoms with van der Waals surface area (Å²) in [5.41, 5.74) is 6.59. The lowest BCUT2D eigenvalue weighted by Gasteiger charge is -2.26. The fourth-order valence-electron chi connectivity index (χ4n) is 1.50. The van der Waals surface area contributed by atoms with E-state index in [0.29, 0.717) is 17.9 Å². The van der Waals surface area contributed by atoms with E-state index in [1.54, 1.807) is 13.2 Å². The number of rotatable bonds is 2. The molecule has 0 aliphatic carbocycles. The second-order valence-corrected chi connectivity index (χ2v) is 3.32. The first-order chi connectivity index (χ1) is 7.24. The molecule has 1 unspecified atom stereocenters. The van der Waals surface area contributed by atoms with Crippen LogP contribution >= 0.6 is 0 Å². The number of hydrogen-bond acceptors (Lipinski definition) is 4. The van der Waals surface area contributed by atoms with Crippen molar-refractivity contribution in [3.8, 4) is 5.75 Å². The monoisotopic (exact) mass is 212 g/mol. The molecule has 15 heavy (non-hydrogen) atoms. The second-order valence-electron chi connectivity index (χ2n) is 3.32. The lowest BCUT2D eigenvalue weighted by molar-refractivity contribution is 0.0702. The summed E-state index contributed by atoms with van der Waals surface area (Å²) in [5.74, 6) is 0.159. The Labute approximate surface area is 87.2 Å². The molecule has 2 rings (SSSR count). The van der Waals surface area contributed by atoms with Crippen LogP contribution in [0, 0.1) is 5.82 Å². The Morgan fingerprint density at radius 2 is 2.47 bits per heavy atom. The van der Waals surface area contributed by atoms with E-state index in [4.69, 9.17) is 15.2 Å². The molecule has 0 bridgehead atoms. The van der Waals surface area contributed by atoms with E-state index in [9.17, 15) is 4.39 Å². The lowest BCUT2D eigenvalue weighted by atomic mass is 10.1. The van der Waals surface area contributed by atoms with E-state index in [1.807, 2.05) is 0 Å². The van der Waals surface area contributed by atoms with E-state index in [0.717, 1.165) is 5.69 Å². The summed E-state index contributed by atoms with van der Waals surface area (Å²) in [4.78, 5) is 0. The van der Waals surface area contributed by atoms with Crippen LogP contribution in [0.1, 0.15) is 5.56 Å². The molecule has 5 heteroatoms. The van der Waals surface area contributed by atoms with Crippen LogP contribution in [0.4, 0.5) is 10.1 Å². The fraction of sp³-hybridized carbons (Fsp3) is 0.400. The van der Waals surface area contributed by atoms with Gasteiger partial charge >= 0.3 is 0 Å². The van der Waals surface area contributed by atoms with Gasteiger partial charge in [-0.05, 0) is 6.07 Å². The van der Waals surface area contributed by atoms with Gasteiger partial charge in [0, 0.05) is 25.3 Å². The lowest BCUT2D eigenvalue weighted by Crippen LogP contribution is -2.33. The maximum absolute atomic E-state index is 13.3. The molecule has 1 aromatic rings. The quantitative estimate of drug-likeness (QED) is 0.769. The van der Waals surface area contributed by atoms with Crippen LogP contribution in [0.25, 0.3) is 0 Å². The third-order valence-corrected chi connectivity index (χ3v) is 2.36. The Balaban J connectivity index is 2.33. The van der Waals surface area contributed by atoms with Gasteiger partial charge in [0.2, 0.25) is 0 Å². The summed E-state index contributed by atoms with van der Waals surface area (Å²) >= 11 is 0. The molecule has 0 saturated heterocycles. The second kappa shape index (κ2) is 4.04. The number of nitrogens with one attached hydrogen (secondary N) is 1. The van der Waals surface area contributed by atoms with Crippen molar-refractivity contribution in [2.45, 2.75) is 12.8 Å². The van der Waals surface area contributed by atoms with Crippen molar-refractivity contribution in [2.75, 3.05) is 19.0 Å². The Kier molecular flexibility index (Phi) is 2.75. The van der Waals surface area contributed by atoms with Gasteiger partial charge in [-0.2, -0.15) is 0 Å². The highest BCUT2D eigenvalue weighted by Crippen LogP contribution is 2.31. The molecule has 0 spiro atoms. The van der Waals surface area contributed by atoms with Crippen LogP contribution in [0.2, 0.25) is 0 Å². The fourth-order valence-corrected chi connectivity index (χ4v) is 1.50. The van der Waals surface area contributed by atoms with Gasteiger partial charge in [0.15, 0.2) is 6.23 Å². The van der Waals surface area contributed by atoms with Gasteiger partial charge in [0.05, 0.1) is 5.69 Å². The van der Waals surface area contributed by atoms with E-state index in [2.05, 4.69) is 5.32 Å². The standard InChI is InChI=1S/C10H13FN2O2/c1-14-10-5-15-9-3-7(11)6(4-12)2-8(9)13-10/h2-3,10,13H,4-5,12H2,1H3. The minimum Gasteiger partial charge on any atom is -0.487 e. The maximum atomic E-state index is 13.3. The van der Waals surface area contributed by atoms with Gasteiger partial charge in [0.25, 0.3) is 0 Å². The van der Waals surface area contributed by atoms with Crippen LogP contribution in [0.3, 0.4) is 0 Å². The van der Waals surface area contributed by atoms with E-state index in [1.165, 1.54) is 6.07 Å². The number of anilines is 1. The van der Waals surface area contributed by atoms with Gasteiger partial charge < -0.3 is 20.5 Å². The van der Waals surface area contributed by atoms with Crippen LogP contribution in [0.5, 0.6) is 5.75 Å². The van der Waals surface area contributed by atoms with Crippen molar-refractivity contribution in [3.63, 3.8) is 0 Å². The summed E-state index contributed by atoms with van der Waals surface area (Å²) in [7, 11) is 1.58. The van der Waals surface area contributed by atoms with Gasteiger partial charge in [-0.3, -0.25) is 0 Å². The normalized spacial score (nSPS) is 19.0. The number of benzene rings is 1. The summed E-state index contributed by atoms with van der Waals surface area (Å²) in [6.45, 7) is 0.531. The first kappa shape index (κ1) is 10.2. The highest BCUT2D eigenvalue weighted by Gasteiger charge is 2.19. The third kappa shape index (κ3) is 1.88. The first-order valence-corrected chi connectivity index (χ1v) is 4.69. The first-order valence-electron chi connectivity index (χ1n) is 4.69. The van der Waals surface area contributed by atoms with Crippen LogP contribution in [-0.4, -0.2) is 19.9 Å². The molecular weight excluding hydrogens is 199 g/mol. The molecule has 0 saturated carbocycles. The zero-order valence-corrected chi connectivity index (χ0v) is 8.42. The molecule has 0 radical (unpaired) electrons. The van der Waals surface area contributed by atoms with Crippen molar-refractivity contribution < 1.29 is 13.9 Å². The molecular formula is C10H13FN2O2. The highest BCUT2D eigenvalue weighted by molar-refractivity contribution is 5.60. The number of nitrogens with two attached hydrogens (primary N) is 1. The molecule has 1 aromatic carbocycles. The molecule has 1 aliphatic heterocycles.